The fraction of sp³-hybridized carbons (Fsp3) is 0.241. The van der Waals surface area contributed by atoms with Gasteiger partial charge in [0, 0.05) is 28.0 Å². The lowest BCUT2D eigenvalue weighted by Crippen LogP contribution is -2.27. The van der Waals surface area contributed by atoms with Crippen molar-refractivity contribution in [2.75, 3.05) is 5.32 Å². The van der Waals surface area contributed by atoms with Crippen molar-refractivity contribution in [2.45, 2.75) is 44.8 Å². The number of aromatic amines is 1. The third kappa shape index (κ3) is 5.54. The maximum absolute atomic E-state index is 13.5. The molecule has 1 aliphatic rings. The Labute approximate surface area is 239 Å². The second-order valence-corrected chi connectivity index (χ2v) is 11.1. The molecule has 5 aromatic rings. The van der Waals surface area contributed by atoms with Crippen LogP contribution in [0.25, 0.3) is 28.1 Å². The van der Waals surface area contributed by atoms with Crippen LogP contribution in [0.1, 0.15) is 44.2 Å². The van der Waals surface area contributed by atoms with Crippen LogP contribution in [0.4, 0.5) is 5.69 Å². The van der Waals surface area contributed by atoms with Gasteiger partial charge in [-0.2, -0.15) is 4.68 Å². The summed E-state index contributed by atoms with van der Waals surface area (Å²) in [6, 6.07) is 16.1. The summed E-state index contributed by atoms with van der Waals surface area (Å²) in [5.74, 6) is 0.442. The van der Waals surface area contributed by atoms with Gasteiger partial charge in [0.05, 0.1) is 35.6 Å². The van der Waals surface area contributed by atoms with E-state index in [2.05, 4.69) is 30.8 Å². The molecule has 0 radical (unpaired) electrons. The van der Waals surface area contributed by atoms with Gasteiger partial charge in [0.25, 0.3) is 5.56 Å². The number of hydrogen-bond acceptors (Lipinski definition) is 7. The number of amides is 1. The number of hydrogen-bond donors (Lipinski definition) is 3. The summed E-state index contributed by atoms with van der Waals surface area (Å²) in [5.41, 5.74) is 4.25. The molecule has 0 bridgehead atoms. The van der Waals surface area contributed by atoms with E-state index in [-0.39, 0.29) is 23.9 Å². The molecule has 0 spiro atoms. The number of rotatable bonds is 7. The second-order valence-electron chi connectivity index (χ2n) is 10.7. The van der Waals surface area contributed by atoms with Gasteiger partial charge in [0.15, 0.2) is 0 Å². The number of aromatic nitrogens is 7. The van der Waals surface area contributed by atoms with Crippen LogP contribution in [0.5, 0.6) is 0 Å². The third-order valence-electron chi connectivity index (χ3n) is 6.98. The van der Waals surface area contributed by atoms with Crippen LogP contribution in [0.3, 0.4) is 0 Å². The summed E-state index contributed by atoms with van der Waals surface area (Å²) in [6.07, 6.45) is 4.69. The van der Waals surface area contributed by atoms with E-state index in [4.69, 9.17) is 11.6 Å². The molecule has 0 fully saturated rings. The second kappa shape index (κ2) is 10.4. The van der Waals surface area contributed by atoms with Crippen molar-refractivity contribution in [3.05, 3.63) is 94.0 Å². The Balaban J connectivity index is 1.24. The SMILES string of the molecule is CC(C)(O)CC(=O)Nc1ccc(-c2cnc([C@@H]3CCc4cc(-c5cc(Cl)ccc5-n5cnnn5)cc(=O)n43)[nH]2)cc1. The van der Waals surface area contributed by atoms with Crippen molar-refractivity contribution in [3.63, 3.8) is 0 Å². The van der Waals surface area contributed by atoms with Crippen molar-refractivity contribution in [2.24, 2.45) is 0 Å². The van der Waals surface area contributed by atoms with Crippen molar-refractivity contribution in [1.29, 1.82) is 0 Å². The molecule has 3 aromatic heterocycles. The molecule has 3 N–H and O–H groups in total. The van der Waals surface area contributed by atoms with Gasteiger partial charge in [0.2, 0.25) is 5.91 Å². The van der Waals surface area contributed by atoms with Gasteiger partial charge in [0.1, 0.15) is 12.2 Å². The first-order valence-corrected chi connectivity index (χ1v) is 13.5. The average molecular weight is 571 g/mol. The molecule has 1 atom stereocenters. The van der Waals surface area contributed by atoms with Crippen molar-refractivity contribution in [3.8, 4) is 28.1 Å². The highest BCUT2D eigenvalue weighted by Gasteiger charge is 2.28. The first-order chi connectivity index (χ1) is 19.6. The van der Waals surface area contributed by atoms with Crippen LogP contribution in [0.2, 0.25) is 5.02 Å². The lowest BCUT2D eigenvalue weighted by atomic mass is 10.0. The van der Waals surface area contributed by atoms with E-state index < -0.39 is 5.60 Å². The van der Waals surface area contributed by atoms with E-state index in [1.807, 2.05) is 24.3 Å². The first-order valence-electron chi connectivity index (χ1n) is 13.1. The number of halogens is 1. The molecule has 4 heterocycles. The van der Waals surface area contributed by atoms with Crippen molar-refractivity contribution < 1.29 is 9.90 Å². The molecule has 0 unspecified atom stereocenters. The average Bonchev–Trinajstić information content (AvgIpc) is 3.69. The quantitative estimate of drug-likeness (QED) is 0.266. The third-order valence-corrected chi connectivity index (χ3v) is 7.22. The summed E-state index contributed by atoms with van der Waals surface area (Å²) in [7, 11) is 0. The minimum Gasteiger partial charge on any atom is -0.390 e. The molecular formula is C29H27ClN8O3. The topological polar surface area (TPSA) is 144 Å². The maximum atomic E-state index is 13.5. The summed E-state index contributed by atoms with van der Waals surface area (Å²) in [5, 5.41) is 24.6. The number of tetrazole rings is 1. The van der Waals surface area contributed by atoms with Gasteiger partial charge < -0.3 is 20.0 Å². The number of H-pyrrole nitrogens is 1. The minimum atomic E-state index is -1.08. The molecular weight excluding hydrogens is 544 g/mol. The number of nitrogens with zero attached hydrogens (tertiary/aromatic N) is 6. The van der Waals surface area contributed by atoms with E-state index in [1.54, 1.807) is 59.6 Å². The first kappa shape index (κ1) is 26.6. The predicted octanol–water partition coefficient (Wildman–Crippen LogP) is 4.17. The molecule has 1 amide bonds. The maximum Gasteiger partial charge on any atom is 0.252 e. The summed E-state index contributed by atoms with van der Waals surface area (Å²) in [4.78, 5) is 33.6. The summed E-state index contributed by atoms with van der Waals surface area (Å²) >= 11 is 6.31. The monoisotopic (exact) mass is 570 g/mol. The van der Waals surface area contributed by atoms with Gasteiger partial charge in [-0.1, -0.05) is 23.7 Å². The van der Waals surface area contributed by atoms with Gasteiger partial charge in [-0.25, -0.2) is 4.98 Å². The highest BCUT2D eigenvalue weighted by Crippen LogP contribution is 2.34. The number of carbonyl (C=O) groups excluding carboxylic acids is 1. The van der Waals surface area contributed by atoms with Crippen LogP contribution in [-0.4, -0.2) is 51.4 Å². The van der Waals surface area contributed by atoms with Crippen molar-refractivity contribution in [1.82, 2.24) is 34.7 Å². The van der Waals surface area contributed by atoms with E-state index in [9.17, 15) is 14.7 Å². The molecule has 11 nitrogen and oxygen atoms in total. The number of benzene rings is 2. The van der Waals surface area contributed by atoms with E-state index in [1.165, 1.54) is 6.33 Å². The van der Waals surface area contributed by atoms with Gasteiger partial charge in [-0.15, -0.1) is 5.10 Å². The lowest BCUT2D eigenvalue weighted by molar-refractivity contribution is -0.119. The predicted molar refractivity (Wildman–Crippen MR) is 154 cm³/mol. The van der Waals surface area contributed by atoms with Gasteiger partial charge in [-0.05, 0) is 84.6 Å². The molecule has 208 valence electrons. The fourth-order valence-corrected chi connectivity index (χ4v) is 5.38. The lowest BCUT2D eigenvalue weighted by Gasteiger charge is -2.16. The number of aryl methyl sites for hydroxylation is 1. The van der Waals surface area contributed by atoms with E-state index in [0.29, 0.717) is 23.0 Å². The fourth-order valence-electron chi connectivity index (χ4n) is 5.20. The number of imidazole rings is 1. The number of nitrogens with one attached hydrogen (secondary N) is 2. The number of anilines is 1. The zero-order valence-electron chi connectivity index (χ0n) is 22.4. The van der Waals surface area contributed by atoms with Crippen LogP contribution < -0.4 is 10.9 Å². The Morgan fingerprint density at radius 2 is 1.95 bits per heavy atom. The highest BCUT2D eigenvalue weighted by molar-refractivity contribution is 6.31. The zero-order chi connectivity index (χ0) is 28.7. The zero-order valence-corrected chi connectivity index (χ0v) is 23.1. The van der Waals surface area contributed by atoms with E-state index >= 15 is 0 Å². The molecule has 41 heavy (non-hydrogen) atoms. The Kier molecular flexibility index (Phi) is 6.76. The van der Waals surface area contributed by atoms with Gasteiger partial charge in [-0.3, -0.25) is 9.59 Å². The van der Waals surface area contributed by atoms with Crippen LogP contribution in [0.15, 0.2) is 71.9 Å². The molecule has 1 aliphatic heterocycles. The van der Waals surface area contributed by atoms with Crippen molar-refractivity contribution >= 4 is 23.2 Å². The molecule has 0 saturated heterocycles. The normalized spacial score (nSPS) is 14.7. The number of carbonyl (C=O) groups is 1. The standard InChI is InChI=1S/C29H27ClN8O3/c1-29(2,41)14-26(39)33-20-6-3-17(4-7-20)23-15-31-28(34-23)25-10-8-21-11-18(12-27(40)38(21)25)22-13-19(30)5-9-24(22)37-16-32-35-36-37/h3-7,9,11-13,15-16,25,41H,8,10,14H2,1-2H3,(H,31,34)(H,33,39)/t25-/m0/s1. The molecule has 12 heteroatoms. The smallest absolute Gasteiger partial charge is 0.252 e. The number of fused-ring (bicyclic) bond motifs is 1. The van der Waals surface area contributed by atoms with Crippen LogP contribution >= 0.6 is 11.6 Å². The Morgan fingerprint density at radius 1 is 1.15 bits per heavy atom. The summed E-state index contributed by atoms with van der Waals surface area (Å²) in [6.45, 7) is 3.18. The summed E-state index contributed by atoms with van der Waals surface area (Å²) < 4.78 is 3.33. The highest BCUT2D eigenvalue weighted by atomic mass is 35.5. The van der Waals surface area contributed by atoms with E-state index in [0.717, 1.165) is 40.2 Å². The Morgan fingerprint density at radius 3 is 2.68 bits per heavy atom. The van der Waals surface area contributed by atoms with Crippen LogP contribution in [-0.2, 0) is 11.2 Å². The molecule has 6 rings (SSSR count). The molecule has 0 aliphatic carbocycles. The minimum absolute atomic E-state index is 0.00193. The van der Waals surface area contributed by atoms with Gasteiger partial charge >= 0.3 is 0 Å². The molecule has 0 saturated carbocycles. The Hall–Kier alpha value is -4.61. The largest absolute Gasteiger partial charge is 0.390 e. The van der Waals surface area contributed by atoms with Crippen LogP contribution in [0, 0.1) is 0 Å². The molecule has 2 aromatic carbocycles. The number of aliphatic hydroxyl groups is 1. The number of pyridine rings is 1. The Bertz CT molecular complexity index is 1790.